The molecule has 3 saturated carbocycles. The van der Waals surface area contributed by atoms with Crippen molar-refractivity contribution in [3.8, 4) is 0 Å². The van der Waals surface area contributed by atoms with E-state index in [-0.39, 0.29) is 0 Å². The van der Waals surface area contributed by atoms with Crippen molar-refractivity contribution in [2.24, 2.45) is 40.4 Å². The summed E-state index contributed by atoms with van der Waals surface area (Å²) in [5.41, 5.74) is 3.01. The van der Waals surface area contributed by atoms with Crippen LogP contribution in [0.5, 0.6) is 0 Å². The molecule has 0 spiro atoms. The number of rotatable bonds is 7. The van der Waals surface area contributed by atoms with Crippen molar-refractivity contribution in [3.63, 3.8) is 0 Å². The molecule has 1 nitrogen and oxygen atoms in total. The highest BCUT2D eigenvalue weighted by molar-refractivity contribution is 7.98. The van der Waals surface area contributed by atoms with Gasteiger partial charge in [0.05, 0.1) is 0 Å². The van der Waals surface area contributed by atoms with Crippen LogP contribution in [0.1, 0.15) is 105 Å². The molecule has 1 N–H and O–H groups in total. The predicted octanol–water partition coefficient (Wildman–Crippen LogP) is 8.02. The summed E-state index contributed by atoms with van der Waals surface area (Å²) in [5, 5.41) is 0.798. The molecule has 4 aliphatic carbocycles. The summed E-state index contributed by atoms with van der Waals surface area (Å²) >= 11 is 1.97. The molecule has 0 heterocycles. The lowest BCUT2D eigenvalue weighted by Crippen LogP contribution is -2.50. The SMILES string of the molecule is CNSC1CCC2(C)C(=CCC3C2CCC2(C)C(CCCCC(C)C)CCC32)C1. The lowest BCUT2D eigenvalue weighted by molar-refractivity contribution is -0.0422. The Labute approximate surface area is 185 Å². The zero-order valence-electron chi connectivity index (χ0n) is 19.9. The number of hydrogen-bond donors (Lipinski definition) is 1. The van der Waals surface area contributed by atoms with Crippen LogP contribution in [0.4, 0.5) is 0 Å². The fourth-order valence-corrected chi connectivity index (χ4v) is 9.25. The van der Waals surface area contributed by atoms with Crippen LogP contribution >= 0.6 is 11.9 Å². The lowest BCUT2D eigenvalue weighted by atomic mass is 9.47. The lowest BCUT2D eigenvalue weighted by Gasteiger charge is -2.58. The predicted molar refractivity (Wildman–Crippen MR) is 129 cm³/mol. The van der Waals surface area contributed by atoms with Gasteiger partial charge in [-0.25, -0.2) is 0 Å². The second-order valence-electron chi connectivity index (χ2n) is 11.9. The molecule has 0 aromatic heterocycles. The Balaban J connectivity index is 1.44. The average molecular weight is 418 g/mol. The molecule has 0 aromatic rings. The summed E-state index contributed by atoms with van der Waals surface area (Å²) in [6.45, 7) is 10.1. The molecule has 0 bridgehead atoms. The quantitative estimate of drug-likeness (QED) is 0.256. The first-order chi connectivity index (χ1) is 13.9. The van der Waals surface area contributed by atoms with Crippen molar-refractivity contribution in [2.75, 3.05) is 7.05 Å². The summed E-state index contributed by atoms with van der Waals surface area (Å²) in [5.74, 6) is 4.86. The molecule has 0 amide bonds. The van der Waals surface area contributed by atoms with Crippen molar-refractivity contribution >= 4 is 11.9 Å². The van der Waals surface area contributed by atoms with Gasteiger partial charge in [0, 0.05) is 5.25 Å². The minimum absolute atomic E-state index is 0.518. The molecule has 0 aliphatic heterocycles. The molecule has 0 aromatic carbocycles. The van der Waals surface area contributed by atoms with Crippen LogP contribution < -0.4 is 4.72 Å². The van der Waals surface area contributed by atoms with Crippen LogP contribution in [0.3, 0.4) is 0 Å². The van der Waals surface area contributed by atoms with Gasteiger partial charge in [-0.1, -0.05) is 70.6 Å². The first-order valence-electron chi connectivity index (χ1n) is 12.9. The van der Waals surface area contributed by atoms with E-state index in [1.807, 2.05) is 17.5 Å². The Hall–Kier alpha value is 0.0500. The second-order valence-corrected chi connectivity index (χ2v) is 13.3. The Bertz CT molecular complexity index is 597. The molecule has 4 rings (SSSR count). The van der Waals surface area contributed by atoms with E-state index in [0.29, 0.717) is 10.8 Å². The monoisotopic (exact) mass is 417 g/mol. The van der Waals surface area contributed by atoms with Gasteiger partial charge in [-0.2, -0.15) is 0 Å². The Morgan fingerprint density at radius 3 is 2.66 bits per heavy atom. The van der Waals surface area contributed by atoms with Gasteiger partial charge in [-0.05, 0) is 105 Å². The highest BCUT2D eigenvalue weighted by atomic mass is 32.2. The Kier molecular flexibility index (Phi) is 6.82. The molecular formula is C27H47NS. The van der Waals surface area contributed by atoms with Crippen LogP contribution in [0, 0.1) is 40.4 Å². The van der Waals surface area contributed by atoms with Crippen LogP contribution in [0.15, 0.2) is 11.6 Å². The molecule has 7 unspecified atom stereocenters. The number of hydrogen-bond acceptors (Lipinski definition) is 2. The normalized spacial score (nSPS) is 44.2. The zero-order valence-corrected chi connectivity index (χ0v) is 20.8. The van der Waals surface area contributed by atoms with Gasteiger partial charge in [0.15, 0.2) is 0 Å². The highest BCUT2D eigenvalue weighted by Gasteiger charge is 2.58. The van der Waals surface area contributed by atoms with Crippen molar-refractivity contribution in [1.29, 1.82) is 0 Å². The maximum atomic E-state index is 3.36. The summed E-state index contributed by atoms with van der Waals surface area (Å²) < 4.78 is 3.36. The van der Waals surface area contributed by atoms with Crippen LogP contribution in [-0.2, 0) is 0 Å². The molecule has 4 aliphatic rings. The third-order valence-electron chi connectivity index (χ3n) is 10.1. The van der Waals surface area contributed by atoms with E-state index in [1.54, 1.807) is 0 Å². The van der Waals surface area contributed by atoms with Crippen molar-refractivity contribution in [3.05, 3.63) is 11.6 Å². The third-order valence-corrected chi connectivity index (χ3v) is 11.1. The molecule has 3 fully saturated rings. The van der Waals surface area contributed by atoms with Gasteiger partial charge in [-0.15, -0.1) is 0 Å². The van der Waals surface area contributed by atoms with Gasteiger partial charge in [0.25, 0.3) is 0 Å². The van der Waals surface area contributed by atoms with Gasteiger partial charge < -0.3 is 0 Å². The number of fused-ring (bicyclic) bond motifs is 5. The maximum absolute atomic E-state index is 3.36. The van der Waals surface area contributed by atoms with Crippen molar-refractivity contribution in [1.82, 2.24) is 4.72 Å². The number of allylic oxidation sites excluding steroid dienone is 2. The summed E-state index contributed by atoms with van der Waals surface area (Å²) in [6.07, 6.45) is 20.3. The summed E-state index contributed by atoms with van der Waals surface area (Å²) in [7, 11) is 2.09. The van der Waals surface area contributed by atoms with E-state index in [0.717, 1.165) is 34.8 Å². The van der Waals surface area contributed by atoms with Gasteiger partial charge in [-0.3, -0.25) is 4.72 Å². The van der Waals surface area contributed by atoms with E-state index in [1.165, 1.54) is 77.0 Å². The maximum Gasteiger partial charge on any atom is 0.0230 e. The molecule has 166 valence electrons. The summed E-state index contributed by atoms with van der Waals surface area (Å²) in [6, 6.07) is 0. The summed E-state index contributed by atoms with van der Waals surface area (Å²) in [4.78, 5) is 0. The molecule has 29 heavy (non-hydrogen) atoms. The molecule has 0 radical (unpaired) electrons. The van der Waals surface area contributed by atoms with Gasteiger partial charge >= 0.3 is 0 Å². The van der Waals surface area contributed by atoms with E-state index in [9.17, 15) is 0 Å². The van der Waals surface area contributed by atoms with Crippen molar-refractivity contribution in [2.45, 2.75) is 110 Å². The fourth-order valence-electron chi connectivity index (χ4n) is 8.42. The van der Waals surface area contributed by atoms with E-state index in [2.05, 4.69) is 45.5 Å². The largest absolute Gasteiger partial charge is 0.267 e. The number of unbranched alkanes of at least 4 members (excludes halogenated alkanes) is 1. The smallest absolute Gasteiger partial charge is 0.0230 e. The molecule has 7 atom stereocenters. The standard InChI is InChI=1S/C27H47NS/c1-19(2)8-6-7-9-20-11-13-24-23-12-10-21-18-22(29-28-5)14-16-27(21,4)25(23)15-17-26(20,24)3/h10,19-20,22-25,28H,6-9,11-18H2,1-5H3. The third kappa shape index (κ3) is 4.11. The highest BCUT2D eigenvalue weighted by Crippen LogP contribution is 2.67. The minimum Gasteiger partial charge on any atom is -0.267 e. The molecule has 0 saturated heterocycles. The minimum atomic E-state index is 0.518. The van der Waals surface area contributed by atoms with E-state index < -0.39 is 0 Å². The second kappa shape index (κ2) is 8.89. The molecular weight excluding hydrogens is 370 g/mol. The van der Waals surface area contributed by atoms with E-state index >= 15 is 0 Å². The fraction of sp³-hybridized carbons (Fsp3) is 0.926. The topological polar surface area (TPSA) is 12.0 Å². The van der Waals surface area contributed by atoms with Gasteiger partial charge in [0.1, 0.15) is 0 Å². The first-order valence-corrected chi connectivity index (χ1v) is 13.8. The Morgan fingerprint density at radius 1 is 1.07 bits per heavy atom. The first kappa shape index (κ1) is 22.3. The average Bonchev–Trinajstić information content (AvgIpc) is 3.02. The van der Waals surface area contributed by atoms with Crippen LogP contribution in [0.2, 0.25) is 0 Å². The zero-order chi connectivity index (χ0) is 20.6. The molecule has 2 heteroatoms. The van der Waals surface area contributed by atoms with Gasteiger partial charge in [0.2, 0.25) is 0 Å². The van der Waals surface area contributed by atoms with Crippen molar-refractivity contribution < 1.29 is 0 Å². The van der Waals surface area contributed by atoms with E-state index in [4.69, 9.17) is 0 Å². The number of nitrogens with one attached hydrogen (secondary N) is 1. The Morgan fingerprint density at radius 2 is 1.90 bits per heavy atom. The van der Waals surface area contributed by atoms with Crippen LogP contribution in [0.25, 0.3) is 0 Å². The van der Waals surface area contributed by atoms with Crippen LogP contribution in [-0.4, -0.2) is 12.3 Å².